The molecule has 2 aliphatic rings. The van der Waals surface area contributed by atoms with Gasteiger partial charge in [0.15, 0.2) is 0 Å². The molecule has 0 N–H and O–H groups in total. The van der Waals surface area contributed by atoms with Crippen LogP contribution in [0.1, 0.15) is 55.7 Å². The number of nitrogens with zero attached hydrogens (tertiary/aromatic N) is 3. The Hall–Kier alpha value is -2.73. The number of hydrogen-bond donors (Lipinski definition) is 0. The van der Waals surface area contributed by atoms with Crippen molar-refractivity contribution in [2.75, 3.05) is 20.7 Å². The third-order valence-electron chi connectivity index (χ3n) is 6.44. The summed E-state index contributed by atoms with van der Waals surface area (Å²) in [6.45, 7) is 0.287. The molecule has 164 valence electrons. The summed E-state index contributed by atoms with van der Waals surface area (Å²) in [6, 6.07) is 14.3. The van der Waals surface area contributed by atoms with Crippen LogP contribution in [0.25, 0.3) is 0 Å². The zero-order valence-corrected chi connectivity index (χ0v) is 18.3. The molecule has 0 spiro atoms. The molecule has 0 radical (unpaired) electrons. The zero-order chi connectivity index (χ0) is 21.8. The van der Waals surface area contributed by atoms with Gasteiger partial charge in [0.05, 0.1) is 25.4 Å². The van der Waals surface area contributed by atoms with Gasteiger partial charge in [-0.15, -0.1) is 0 Å². The van der Waals surface area contributed by atoms with E-state index in [1.165, 1.54) is 30.3 Å². The number of benzene rings is 2. The average molecular weight is 424 g/mol. The van der Waals surface area contributed by atoms with Crippen LogP contribution in [0.5, 0.6) is 5.75 Å². The number of hydrogen-bond acceptors (Lipinski definition) is 4. The first kappa shape index (κ1) is 21.5. The Labute approximate surface area is 183 Å². The highest BCUT2D eigenvalue weighted by Gasteiger charge is 2.35. The number of methoxy groups -OCH3 is 1. The number of hydrazone groups is 1. The molecule has 1 aliphatic heterocycles. The number of carbonyl (C=O) groups excluding carboxylic acids is 1. The van der Waals surface area contributed by atoms with Gasteiger partial charge in [-0.05, 0) is 55.8 Å². The lowest BCUT2D eigenvalue weighted by Gasteiger charge is -2.32. The number of carbonyl (C=O) groups is 1. The zero-order valence-electron chi connectivity index (χ0n) is 18.3. The highest BCUT2D eigenvalue weighted by atomic mass is 19.1. The number of likely N-dealkylation sites (N-methyl/N-ethyl adjacent to an activating group) is 1. The standard InChI is InChI=1S/C25H30FN3O2/c1-28(19-8-4-3-5-9-19)17-25(30)29-24(21-10-6-7-11-22(21)26)16-23(27-29)18-12-14-20(31-2)15-13-18/h6-7,10-15,19,24H,3-5,8-9,16-17H2,1-2H3/t24-/m1/s1. The highest BCUT2D eigenvalue weighted by Crippen LogP contribution is 2.34. The van der Waals surface area contributed by atoms with Crippen LogP contribution in [0, 0.1) is 5.82 Å². The number of ether oxygens (including phenoxy) is 1. The lowest BCUT2D eigenvalue weighted by Crippen LogP contribution is -2.42. The maximum atomic E-state index is 14.6. The second-order valence-corrected chi connectivity index (χ2v) is 8.46. The van der Waals surface area contributed by atoms with Crippen molar-refractivity contribution in [3.8, 4) is 5.75 Å². The number of amides is 1. The molecule has 5 nitrogen and oxygen atoms in total. The topological polar surface area (TPSA) is 45.1 Å². The fourth-order valence-electron chi connectivity index (χ4n) is 4.62. The van der Waals surface area contributed by atoms with Crippen molar-refractivity contribution in [3.05, 3.63) is 65.5 Å². The minimum absolute atomic E-state index is 0.0927. The van der Waals surface area contributed by atoms with E-state index in [4.69, 9.17) is 4.74 Å². The van der Waals surface area contributed by atoms with E-state index >= 15 is 0 Å². The smallest absolute Gasteiger partial charge is 0.257 e. The third kappa shape index (κ3) is 4.79. The highest BCUT2D eigenvalue weighted by molar-refractivity contribution is 6.03. The van der Waals surface area contributed by atoms with Crippen LogP contribution in [-0.2, 0) is 4.79 Å². The molecule has 0 bridgehead atoms. The van der Waals surface area contributed by atoms with Crippen molar-refractivity contribution in [1.29, 1.82) is 0 Å². The molecule has 0 unspecified atom stereocenters. The second-order valence-electron chi connectivity index (χ2n) is 8.46. The normalized spacial score (nSPS) is 19.5. The van der Waals surface area contributed by atoms with Gasteiger partial charge in [0, 0.05) is 18.0 Å². The molecule has 1 saturated carbocycles. The average Bonchev–Trinajstić information content (AvgIpc) is 3.25. The van der Waals surface area contributed by atoms with E-state index in [0.29, 0.717) is 18.0 Å². The molecule has 1 amide bonds. The Morgan fingerprint density at radius 2 is 1.84 bits per heavy atom. The molecule has 1 fully saturated rings. The molecule has 4 rings (SSSR count). The Morgan fingerprint density at radius 3 is 2.52 bits per heavy atom. The third-order valence-corrected chi connectivity index (χ3v) is 6.44. The van der Waals surface area contributed by atoms with Crippen molar-refractivity contribution in [3.63, 3.8) is 0 Å². The van der Waals surface area contributed by atoms with Crippen LogP contribution >= 0.6 is 0 Å². The number of rotatable bonds is 6. The van der Waals surface area contributed by atoms with E-state index in [-0.39, 0.29) is 18.3 Å². The molecule has 2 aromatic carbocycles. The van der Waals surface area contributed by atoms with E-state index < -0.39 is 6.04 Å². The van der Waals surface area contributed by atoms with Crippen molar-refractivity contribution < 1.29 is 13.9 Å². The molecule has 31 heavy (non-hydrogen) atoms. The lowest BCUT2D eigenvalue weighted by molar-refractivity contribution is -0.134. The summed E-state index contributed by atoms with van der Waals surface area (Å²) >= 11 is 0. The number of halogens is 1. The lowest BCUT2D eigenvalue weighted by atomic mass is 9.94. The van der Waals surface area contributed by atoms with Crippen molar-refractivity contribution >= 4 is 11.6 Å². The van der Waals surface area contributed by atoms with Gasteiger partial charge in [-0.3, -0.25) is 9.69 Å². The SMILES string of the molecule is COc1ccc(C2=NN(C(=O)CN(C)C3CCCCC3)[C@@H](c3ccccc3F)C2)cc1. The Kier molecular flexibility index (Phi) is 6.66. The van der Waals surface area contributed by atoms with Crippen LogP contribution in [-0.4, -0.2) is 48.3 Å². The maximum Gasteiger partial charge on any atom is 0.257 e. The summed E-state index contributed by atoms with van der Waals surface area (Å²) in [5.74, 6) is 0.358. The second kappa shape index (κ2) is 9.60. The molecule has 0 saturated heterocycles. The molecular weight excluding hydrogens is 393 g/mol. The summed E-state index contributed by atoms with van der Waals surface area (Å²) in [5.41, 5.74) is 2.20. The van der Waals surface area contributed by atoms with E-state index in [9.17, 15) is 9.18 Å². The summed E-state index contributed by atoms with van der Waals surface area (Å²) in [6.07, 6.45) is 6.43. The Bertz CT molecular complexity index is 938. The molecule has 1 atom stereocenters. The van der Waals surface area contributed by atoms with Crippen molar-refractivity contribution in [2.24, 2.45) is 5.10 Å². The van der Waals surface area contributed by atoms with Crippen molar-refractivity contribution in [1.82, 2.24) is 9.91 Å². The van der Waals surface area contributed by atoms with Gasteiger partial charge < -0.3 is 4.74 Å². The minimum atomic E-state index is -0.439. The van der Waals surface area contributed by atoms with Gasteiger partial charge in [-0.1, -0.05) is 37.5 Å². The summed E-state index contributed by atoms with van der Waals surface area (Å²) < 4.78 is 19.9. The Balaban J connectivity index is 1.58. The summed E-state index contributed by atoms with van der Waals surface area (Å²) in [4.78, 5) is 15.4. The maximum absolute atomic E-state index is 14.6. The first-order valence-electron chi connectivity index (χ1n) is 11.1. The van der Waals surface area contributed by atoms with Gasteiger partial charge in [-0.2, -0.15) is 5.10 Å². The Morgan fingerprint density at radius 1 is 1.13 bits per heavy atom. The fraction of sp³-hybridized carbons (Fsp3) is 0.440. The largest absolute Gasteiger partial charge is 0.497 e. The van der Waals surface area contributed by atoms with Gasteiger partial charge in [0.1, 0.15) is 11.6 Å². The molecule has 6 heteroatoms. The van der Waals surface area contributed by atoms with Crippen LogP contribution in [0.2, 0.25) is 0 Å². The summed E-state index contributed by atoms with van der Waals surface area (Å²) in [5, 5.41) is 6.17. The van der Waals surface area contributed by atoms with E-state index in [1.54, 1.807) is 25.3 Å². The molecule has 0 aromatic heterocycles. The van der Waals surface area contributed by atoms with Gasteiger partial charge in [0.2, 0.25) is 0 Å². The molecule has 1 heterocycles. The quantitative estimate of drug-likeness (QED) is 0.672. The van der Waals surface area contributed by atoms with Crippen LogP contribution in [0.3, 0.4) is 0 Å². The van der Waals surface area contributed by atoms with E-state index in [1.807, 2.05) is 31.3 Å². The van der Waals surface area contributed by atoms with Crippen LogP contribution in [0.15, 0.2) is 53.6 Å². The molecule has 2 aromatic rings. The van der Waals surface area contributed by atoms with Crippen molar-refractivity contribution in [2.45, 2.75) is 50.6 Å². The first-order chi connectivity index (χ1) is 15.1. The molecule has 1 aliphatic carbocycles. The van der Waals surface area contributed by atoms with Gasteiger partial charge in [-0.25, -0.2) is 9.40 Å². The van der Waals surface area contributed by atoms with Gasteiger partial charge in [0.25, 0.3) is 5.91 Å². The first-order valence-corrected chi connectivity index (χ1v) is 11.1. The predicted molar refractivity (Wildman–Crippen MR) is 120 cm³/mol. The van der Waals surface area contributed by atoms with Gasteiger partial charge >= 0.3 is 0 Å². The molecular formula is C25H30FN3O2. The van der Waals surface area contributed by atoms with E-state index in [2.05, 4.69) is 10.0 Å². The predicted octanol–water partition coefficient (Wildman–Crippen LogP) is 4.78. The van der Waals surface area contributed by atoms with Crippen LogP contribution < -0.4 is 4.74 Å². The minimum Gasteiger partial charge on any atom is -0.497 e. The van der Waals surface area contributed by atoms with E-state index in [0.717, 1.165) is 29.9 Å². The van der Waals surface area contributed by atoms with Crippen LogP contribution in [0.4, 0.5) is 4.39 Å². The fourth-order valence-corrected chi connectivity index (χ4v) is 4.62. The monoisotopic (exact) mass is 423 g/mol. The summed E-state index contributed by atoms with van der Waals surface area (Å²) in [7, 11) is 3.63.